The summed E-state index contributed by atoms with van der Waals surface area (Å²) in [7, 11) is 0. The summed E-state index contributed by atoms with van der Waals surface area (Å²) in [5.41, 5.74) is 5.52. The summed E-state index contributed by atoms with van der Waals surface area (Å²) in [6.07, 6.45) is 2.68. The Kier molecular flexibility index (Phi) is 4.70. The minimum atomic E-state index is 0.117. The van der Waals surface area contributed by atoms with Crippen LogP contribution in [-0.4, -0.2) is 32.0 Å². The number of rotatable bonds is 4. The highest BCUT2D eigenvalue weighted by atomic mass is 16.6. The maximum Gasteiger partial charge on any atom is 0.0935 e. The summed E-state index contributed by atoms with van der Waals surface area (Å²) in [5.74, 6) is 0.738. The molecule has 2 N–H and O–H groups in total. The minimum absolute atomic E-state index is 0.117. The molecule has 1 rings (SSSR count). The highest BCUT2D eigenvalue weighted by molar-refractivity contribution is 4.69. The van der Waals surface area contributed by atoms with Gasteiger partial charge in [-0.05, 0) is 18.8 Å². The Morgan fingerprint density at radius 3 is 2.62 bits per heavy atom. The summed E-state index contributed by atoms with van der Waals surface area (Å²) >= 11 is 0. The number of hydrogen-bond acceptors (Lipinski definition) is 3. The third-order valence-electron chi connectivity index (χ3n) is 2.32. The molecule has 0 saturated carbocycles. The molecule has 0 radical (unpaired) electrons. The van der Waals surface area contributed by atoms with Gasteiger partial charge in [0.15, 0.2) is 0 Å². The van der Waals surface area contributed by atoms with Crippen LogP contribution in [0, 0.1) is 5.92 Å². The van der Waals surface area contributed by atoms with E-state index in [0.717, 1.165) is 18.9 Å². The molecule has 0 aromatic carbocycles. The predicted molar refractivity (Wildman–Crippen MR) is 52.6 cm³/mol. The average Bonchev–Trinajstić information content (AvgIpc) is 2.15. The Bertz CT molecular complexity index is 139. The molecule has 2 atom stereocenters. The fourth-order valence-electron chi connectivity index (χ4n) is 1.48. The Balaban J connectivity index is 2.18. The SMILES string of the molecule is CC(C)CCC1COCC(CN)O1. The molecule has 1 fully saturated rings. The molecule has 0 aromatic heterocycles. The van der Waals surface area contributed by atoms with Gasteiger partial charge in [-0.3, -0.25) is 0 Å². The Labute approximate surface area is 80.6 Å². The van der Waals surface area contributed by atoms with Gasteiger partial charge in [-0.25, -0.2) is 0 Å². The van der Waals surface area contributed by atoms with Crippen LogP contribution in [0.3, 0.4) is 0 Å². The molecule has 0 bridgehead atoms. The van der Waals surface area contributed by atoms with E-state index in [2.05, 4.69) is 13.8 Å². The molecule has 0 spiro atoms. The fourth-order valence-corrected chi connectivity index (χ4v) is 1.48. The van der Waals surface area contributed by atoms with Gasteiger partial charge in [-0.1, -0.05) is 13.8 Å². The lowest BCUT2D eigenvalue weighted by atomic mass is 10.0. The molecular weight excluding hydrogens is 166 g/mol. The maximum absolute atomic E-state index is 5.74. The first kappa shape index (κ1) is 11.0. The average molecular weight is 187 g/mol. The Morgan fingerprint density at radius 2 is 2.00 bits per heavy atom. The topological polar surface area (TPSA) is 44.5 Å². The third kappa shape index (κ3) is 4.07. The highest BCUT2D eigenvalue weighted by Gasteiger charge is 2.21. The smallest absolute Gasteiger partial charge is 0.0935 e. The van der Waals surface area contributed by atoms with Crippen LogP contribution in [0.25, 0.3) is 0 Å². The Hall–Kier alpha value is -0.120. The van der Waals surface area contributed by atoms with Gasteiger partial charge in [0.25, 0.3) is 0 Å². The van der Waals surface area contributed by atoms with Crippen molar-refractivity contribution in [2.24, 2.45) is 11.7 Å². The monoisotopic (exact) mass is 187 g/mol. The molecule has 2 unspecified atom stereocenters. The van der Waals surface area contributed by atoms with Gasteiger partial charge >= 0.3 is 0 Å². The highest BCUT2D eigenvalue weighted by Crippen LogP contribution is 2.15. The van der Waals surface area contributed by atoms with Crippen molar-refractivity contribution in [3.05, 3.63) is 0 Å². The van der Waals surface area contributed by atoms with E-state index in [1.54, 1.807) is 0 Å². The van der Waals surface area contributed by atoms with E-state index in [-0.39, 0.29) is 12.2 Å². The standard InChI is InChI=1S/C10H21NO2/c1-8(2)3-4-9-6-12-7-10(5-11)13-9/h8-10H,3-7,11H2,1-2H3. The summed E-state index contributed by atoms with van der Waals surface area (Å²) in [6, 6.07) is 0. The molecule has 1 aliphatic rings. The van der Waals surface area contributed by atoms with Crippen LogP contribution < -0.4 is 5.73 Å². The quantitative estimate of drug-likeness (QED) is 0.718. The Morgan fingerprint density at radius 1 is 1.31 bits per heavy atom. The lowest BCUT2D eigenvalue weighted by molar-refractivity contribution is -0.136. The van der Waals surface area contributed by atoms with Gasteiger partial charge in [0, 0.05) is 6.54 Å². The molecule has 0 aromatic rings. The van der Waals surface area contributed by atoms with Crippen molar-refractivity contribution >= 4 is 0 Å². The van der Waals surface area contributed by atoms with Crippen LogP contribution in [0.4, 0.5) is 0 Å². The molecule has 1 heterocycles. The summed E-state index contributed by atoms with van der Waals surface area (Å²) in [5, 5.41) is 0. The first-order chi connectivity index (χ1) is 6.22. The molecular formula is C10H21NO2. The number of hydrogen-bond donors (Lipinski definition) is 1. The van der Waals surface area contributed by atoms with Gasteiger partial charge < -0.3 is 15.2 Å². The lowest BCUT2D eigenvalue weighted by Gasteiger charge is -2.29. The zero-order valence-electron chi connectivity index (χ0n) is 8.66. The molecule has 3 nitrogen and oxygen atoms in total. The van der Waals surface area contributed by atoms with E-state index in [1.165, 1.54) is 6.42 Å². The van der Waals surface area contributed by atoms with Crippen molar-refractivity contribution in [3.8, 4) is 0 Å². The zero-order chi connectivity index (χ0) is 9.68. The molecule has 3 heteroatoms. The zero-order valence-corrected chi connectivity index (χ0v) is 8.66. The maximum atomic E-state index is 5.74. The molecule has 13 heavy (non-hydrogen) atoms. The van der Waals surface area contributed by atoms with Crippen molar-refractivity contribution in [2.75, 3.05) is 19.8 Å². The van der Waals surface area contributed by atoms with E-state index < -0.39 is 0 Å². The van der Waals surface area contributed by atoms with Gasteiger partial charge in [-0.15, -0.1) is 0 Å². The predicted octanol–water partition coefficient (Wildman–Crippen LogP) is 1.17. The molecule has 78 valence electrons. The third-order valence-corrected chi connectivity index (χ3v) is 2.32. The van der Waals surface area contributed by atoms with Crippen LogP contribution in [0.5, 0.6) is 0 Å². The van der Waals surface area contributed by atoms with Crippen molar-refractivity contribution < 1.29 is 9.47 Å². The number of nitrogens with two attached hydrogens (primary N) is 1. The first-order valence-corrected chi connectivity index (χ1v) is 5.15. The molecule has 1 saturated heterocycles. The molecule has 0 amide bonds. The summed E-state index contributed by atoms with van der Waals surface area (Å²) in [4.78, 5) is 0. The van der Waals surface area contributed by atoms with Crippen LogP contribution in [-0.2, 0) is 9.47 Å². The van der Waals surface area contributed by atoms with E-state index in [0.29, 0.717) is 13.2 Å². The second-order valence-electron chi connectivity index (χ2n) is 4.12. The normalized spacial score (nSPS) is 29.5. The van der Waals surface area contributed by atoms with E-state index in [9.17, 15) is 0 Å². The van der Waals surface area contributed by atoms with Crippen LogP contribution in [0.1, 0.15) is 26.7 Å². The molecule has 0 aliphatic carbocycles. The molecule has 1 aliphatic heterocycles. The van der Waals surface area contributed by atoms with Crippen LogP contribution in [0.2, 0.25) is 0 Å². The van der Waals surface area contributed by atoms with Crippen molar-refractivity contribution in [1.82, 2.24) is 0 Å². The van der Waals surface area contributed by atoms with Crippen molar-refractivity contribution in [3.63, 3.8) is 0 Å². The second-order valence-corrected chi connectivity index (χ2v) is 4.12. The van der Waals surface area contributed by atoms with Crippen molar-refractivity contribution in [2.45, 2.75) is 38.9 Å². The van der Waals surface area contributed by atoms with Crippen LogP contribution in [0.15, 0.2) is 0 Å². The van der Waals surface area contributed by atoms with Crippen LogP contribution >= 0.6 is 0 Å². The fraction of sp³-hybridized carbons (Fsp3) is 1.00. The first-order valence-electron chi connectivity index (χ1n) is 5.15. The van der Waals surface area contributed by atoms with Gasteiger partial charge in [-0.2, -0.15) is 0 Å². The van der Waals surface area contributed by atoms with Gasteiger partial charge in [0.2, 0.25) is 0 Å². The van der Waals surface area contributed by atoms with Gasteiger partial charge in [0.1, 0.15) is 0 Å². The second kappa shape index (κ2) is 5.58. The minimum Gasteiger partial charge on any atom is -0.376 e. The lowest BCUT2D eigenvalue weighted by Crippen LogP contribution is -2.40. The van der Waals surface area contributed by atoms with Crippen molar-refractivity contribution in [1.29, 1.82) is 0 Å². The van der Waals surface area contributed by atoms with Gasteiger partial charge in [0.05, 0.1) is 25.4 Å². The van der Waals surface area contributed by atoms with E-state index in [1.807, 2.05) is 0 Å². The van der Waals surface area contributed by atoms with E-state index >= 15 is 0 Å². The van der Waals surface area contributed by atoms with E-state index in [4.69, 9.17) is 15.2 Å². The summed E-state index contributed by atoms with van der Waals surface area (Å²) in [6.45, 7) is 6.42. The summed E-state index contributed by atoms with van der Waals surface area (Å²) < 4.78 is 11.1. The largest absolute Gasteiger partial charge is 0.376 e. The number of ether oxygens (including phenoxy) is 2.